The summed E-state index contributed by atoms with van der Waals surface area (Å²) in [6.45, 7) is 3.90. The first kappa shape index (κ1) is 25.3. The molecule has 0 unspecified atom stereocenters. The predicted molar refractivity (Wildman–Crippen MR) is 151 cm³/mol. The molecule has 2 aromatic heterocycles. The topological polar surface area (TPSA) is 81.6 Å². The summed E-state index contributed by atoms with van der Waals surface area (Å²) in [7, 11) is 2.12. The highest BCUT2D eigenvalue weighted by molar-refractivity contribution is 6.39. The van der Waals surface area contributed by atoms with Crippen molar-refractivity contribution in [3.05, 3.63) is 75.0 Å². The first-order valence-electron chi connectivity index (χ1n) is 13.0. The molecule has 2 N–H and O–H groups in total. The zero-order chi connectivity index (χ0) is 26.4. The number of rotatable bonds is 4. The van der Waals surface area contributed by atoms with Gasteiger partial charge in [-0.3, -0.25) is 14.7 Å². The smallest absolute Gasteiger partial charge is 0.252 e. The molecule has 2 aliphatic rings. The number of fused-ring (bicyclic) bond motifs is 3. The quantitative estimate of drug-likeness (QED) is 0.365. The highest BCUT2D eigenvalue weighted by Gasteiger charge is 2.28. The van der Waals surface area contributed by atoms with E-state index in [9.17, 15) is 9.90 Å². The van der Waals surface area contributed by atoms with Crippen molar-refractivity contribution >= 4 is 50.9 Å². The van der Waals surface area contributed by atoms with Gasteiger partial charge in [-0.25, -0.2) is 4.98 Å². The van der Waals surface area contributed by atoms with E-state index in [4.69, 9.17) is 28.2 Å². The fourth-order valence-corrected chi connectivity index (χ4v) is 6.13. The van der Waals surface area contributed by atoms with E-state index >= 15 is 0 Å². The van der Waals surface area contributed by atoms with Crippen LogP contribution in [0.2, 0.25) is 10.0 Å². The van der Waals surface area contributed by atoms with Gasteiger partial charge in [-0.15, -0.1) is 0 Å². The van der Waals surface area contributed by atoms with Gasteiger partial charge >= 0.3 is 0 Å². The lowest BCUT2D eigenvalue weighted by atomic mass is 9.94. The second-order valence-corrected chi connectivity index (χ2v) is 11.1. The molecule has 2 aromatic carbocycles. The van der Waals surface area contributed by atoms with Crippen molar-refractivity contribution in [3.8, 4) is 5.75 Å². The van der Waals surface area contributed by atoms with Gasteiger partial charge < -0.3 is 15.3 Å². The third-order valence-corrected chi connectivity index (χ3v) is 8.31. The molecule has 1 fully saturated rings. The number of nitrogens with zero attached hydrogens (tertiary/aromatic N) is 4. The van der Waals surface area contributed by atoms with Crippen LogP contribution in [-0.2, 0) is 19.5 Å². The number of hydrogen-bond acceptors (Lipinski definition) is 6. The number of phenols is 1. The molecule has 9 heteroatoms. The van der Waals surface area contributed by atoms with Crippen molar-refractivity contribution < 1.29 is 9.90 Å². The number of nitrogens with one attached hydrogen (secondary N) is 1. The van der Waals surface area contributed by atoms with Crippen LogP contribution in [0.3, 0.4) is 0 Å². The fraction of sp³-hybridized carbons (Fsp3) is 0.345. The summed E-state index contributed by atoms with van der Waals surface area (Å²) in [6, 6.07) is 13.4. The van der Waals surface area contributed by atoms with Crippen LogP contribution in [0.4, 0.5) is 0 Å². The standard InChI is InChI=1S/C29H29Cl2N5O2/c1-35-11-8-17(9-12-35)33-29(38)26-20-4-2-3-5-24(20)34-25-10-13-36(16-21(25)26)15-18-6-7-19-22(30)14-23(31)28(37)27(19)32-18/h2-7,14,17,37H,8-13,15-16H2,1H3,(H,33,38). The van der Waals surface area contributed by atoms with Gasteiger partial charge in [-0.2, -0.15) is 0 Å². The van der Waals surface area contributed by atoms with E-state index in [2.05, 4.69) is 27.1 Å². The van der Waals surface area contributed by atoms with E-state index in [1.165, 1.54) is 6.07 Å². The Morgan fingerprint density at radius 1 is 1.05 bits per heavy atom. The summed E-state index contributed by atoms with van der Waals surface area (Å²) in [5.41, 5.74) is 4.74. The molecule has 38 heavy (non-hydrogen) atoms. The number of pyridine rings is 2. The summed E-state index contributed by atoms with van der Waals surface area (Å²) in [4.78, 5) is 27.9. The third-order valence-electron chi connectivity index (χ3n) is 7.71. The van der Waals surface area contributed by atoms with Crippen LogP contribution >= 0.6 is 23.2 Å². The Hall–Kier alpha value is -2.97. The first-order chi connectivity index (χ1) is 18.4. The number of hydrogen-bond donors (Lipinski definition) is 2. The van der Waals surface area contributed by atoms with Gasteiger partial charge in [-0.1, -0.05) is 41.4 Å². The van der Waals surface area contributed by atoms with Crippen LogP contribution in [0.5, 0.6) is 5.75 Å². The minimum atomic E-state index is -0.0690. The SMILES string of the molecule is CN1CCC(NC(=O)c2c3c(nc4ccccc24)CCN(Cc2ccc4c(Cl)cc(Cl)c(O)c4n2)C3)CC1. The monoisotopic (exact) mass is 549 g/mol. The van der Waals surface area contributed by atoms with Crippen LogP contribution in [0, 0.1) is 0 Å². The van der Waals surface area contributed by atoms with E-state index in [1.54, 1.807) is 0 Å². The Balaban J connectivity index is 1.31. The lowest BCUT2D eigenvalue weighted by Gasteiger charge is -2.32. The number of carbonyl (C=O) groups excluding carboxylic acids is 1. The van der Waals surface area contributed by atoms with Crippen LogP contribution < -0.4 is 5.32 Å². The number of aromatic hydroxyl groups is 1. The van der Waals surface area contributed by atoms with Crippen LogP contribution in [0.1, 0.15) is 40.2 Å². The van der Waals surface area contributed by atoms with E-state index in [0.29, 0.717) is 29.0 Å². The van der Waals surface area contributed by atoms with Crippen LogP contribution in [-0.4, -0.2) is 63.5 Å². The first-order valence-corrected chi connectivity index (χ1v) is 13.7. The summed E-state index contributed by atoms with van der Waals surface area (Å²) in [5, 5.41) is 16.0. The molecule has 0 aliphatic carbocycles. The number of carbonyl (C=O) groups is 1. The lowest BCUT2D eigenvalue weighted by molar-refractivity contribution is 0.0915. The Labute approximate surface area is 231 Å². The number of likely N-dealkylation sites (tertiary alicyclic amines) is 1. The van der Waals surface area contributed by atoms with Crippen molar-refractivity contribution in [3.63, 3.8) is 0 Å². The van der Waals surface area contributed by atoms with E-state index in [-0.39, 0.29) is 22.7 Å². The maximum absolute atomic E-state index is 13.8. The van der Waals surface area contributed by atoms with Gasteiger partial charge in [0.1, 0.15) is 5.52 Å². The number of halogens is 2. The van der Waals surface area contributed by atoms with Gasteiger partial charge in [0.25, 0.3) is 5.91 Å². The lowest BCUT2D eigenvalue weighted by Crippen LogP contribution is -2.44. The third kappa shape index (κ3) is 4.80. The number of phenolic OH excluding ortho intramolecular Hbond substituents is 1. The molecular weight excluding hydrogens is 521 g/mol. The Morgan fingerprint density at radius 3 is 2.66 bits per heavy atom. The molecule has 4 heterocycles. The van der Waals surface area contributed by atoms with Crippen molar-refractivity contribution in [1.29, 1.82) is 0 Å². The second-order valence-electron chi connectivity index (χ2n) is 10.3. The zero-order valence-corrected chi connectivity index (χ0v) is 22.7. The summed E-state index contributed by atoms with van der Waals surface area (Å²) >= 11 is 12.4. The van der Waals surface area contributed by atoms with Crippen LogP contribution in [0.25, 0.3) is 21.8 Å². The van der Waals surface area contributed by atoms with E-state index in [1.807, 2.05) is 36.4 Å². The zero-order valence-electron chi connectivity index (χ0n) is 21.2. The molecule has 7 nitrogen and oxygen atoms in total. The van der Waals surface area contributed by atoms with Gasteiger partial charge in [0.05, 0.1) is 26.8 Å². The fourth-order valence-electron chi connectivity index (χ4n) is 5.61. The molecule has 2 aliphatic heterocycles. The van der Waals surface area contributed by atoms with Gasteiger partial charge in [0, 0.05) is 54.1 Å². The van der Waals surface area contributed by atoms with Crippen molar-refractivity contribution in [2.45, 2.75) is 38.4 Å². The summed E-state index contributed by atoms with van der Waals surface area (Å²) in [6.07, 6.45) is 2.65. The molecule has 1 saturated heterocycles. The average Bonchev–Trinajstić information content (AvgIpc) is 2.91. The molecular formula is C29H29Cl2N5O2. The van der Waals surface area contributed by atoms with E-state index in [0.717, 1.165) is 72.3 Å². The minimum absolute atomic E-state index is 0.0192. The van der Waals surface area contributed by atoms with Gasteiger partial charge in [0.2, 0.25) is 0 Å². The highest BCUT2D eigenvalue weighted by Crippen LogP contribution is 2.36. The Bertz CT molecular complexity index is 1550. The minimum Gasteiger partial charge on any atom is -0.504 e. The Kier molecular flexibility index (Phi) is 6.86. The highest BCUT2D eigenvalue weighted by atomic mass is 35.5. The molecule has 0 atom stereocenters. The normalized spacial score (nSPS) is 17.1. The summed E-state index contributed by atoms with van der Waals surface area (Å²) < 4.78 is 0. The maximum atomic E-state index is 13.8. The van der Waals surface area contributed by atoms with E-state index < -0.39 is 0 Å². The molecule has 1 amide bonds. The number of benzene rings is 2. The molecule has 0 bridgehead atoms. The summed E-state index contributed by atoms with van der Waals surface area (Å²) in [5.74, 6) is -0.0882. The molecule has 4 aromatic rings. The van der Waals surface area contributed by atoms with Crippen molar-refractivity contribution in [2.75, 3.05) is 26.7 Å². The number of aromatic nitrogens is 2. The van der Waals surface area contributed by atoms with Crippen molar-refractivity contribution in [2.24, 2.45) is 0 Å². The number of piperidine rings is 1. The van der Waals surface area contributed by atoms with Crippen LogP contribution in [0.15, 0.2) is 42.5 Å². The van der Waals surface area contributed by atoms with Gasteiger partial charge in [0.15, 0.2) is 5.75 Å². The average molecular weight is 550 g/mol. The Morgan fingerprint density at radius 2 is 1.84 bits per heavy atom. The van der Waals surface area contributed by atoms with Crippen molar-refractivity contribution in [1.82, 2.24) is 25.1 Å². The largest absolute Gasteiger partial charge is 0.504 e. The molecule has 0 spiro atoms. The predicted octanol–water partition coefficient (Wildman–Crippen LogP) is 5.18. The molecule has 196 valence electrons. The molecule has 6 rings (SSSR count). The number of amides is 1. The molecule has 0 radical (unpaired) electrons. The molecule has 0 saturated carbocycles. The van der Waals surface area contributed by atoms with Gasteiger partial charge in [-0.05, 0) is 57.2 Å². The second kappa shape index (κ2) is 10.3. The maximum Gasteiger partial charge on any atom is 0.252 e. The number of para-hydroxylation sites is 1.